The number of para-hydroxylation sites is 1. The average Bonchev–Trinajstić information content (AvgIpc) is 3.54. The number of carbonyl (C=O) groups excluding carboxylic acids is 1. The minimum Gasteiger partial charge on any atom is -0.489 e. The molecule has 2 heterocycles. The molecule has 6 rings (SSSR count). The Labute approximate surface area is 244 Å². The van der Waals surface area contributed by atoms with Gasteiger partial charge in [-0.25, -0.2) is 4.68 Å². The van der Waals surface area contributed by atoms with E-state index in [4.69, 9.17) is 22.1 Å². The number of aryl methyl sites for hydroxylation is 1. The topological polar surface area (TPSA) is 47.4 Å². The van der Waals surface area contributed by atoms with E-state index in [2.05, 4.69) is 31.2 Å². The second-order valence-electron chi connectivity index (χ2n) is 10.4. The molecule has 1 saturated carbocycles. The van der Waals surface area contributed by atoms with Crippen LogP contribution < -0.4 is 4.74 Å². The highest BCUT2D eigenvalue weighted by Gasteiger charge is 2.37. The number of aromatic nitrogens is 2. The average molecular weight is 566 g/mol. The summed E-state index contributed by atoms with van der Waals surface area (Å²) < 4.78 is 8.55. The summed E-state index contributed by atoms with van der Waals surface area (Å²) in [6.45, 7) is 2.59. The summed E-state index contributed by atoms with van der Waals surface area (Å²) in [5, 5.41) is 4.94. The van der Waals surface area contributed by atoms with Gasteiger partial charge in [0.25, 0.3) is 5.91 Å². The maximum absolute atomic E-state index is 13.5. The third-order valence-electron chi connectivity index (χ3n) is 7.47. The number of hydrogen-bond donors (Lipinski definition) is 0. The van der Waals surface area contributed by atoms with Crippen LogP contribution in [0.15, 0.2) is 90.0 Å². The van der Waals surface area contributed by atoms with Crippen LogP contribution in [-0.4, -0.2) is 30.9 Å². The van der Waals surface area contributed by atoms with Gasteiger partial charge >= 0.3 is 0 Å². The van der Waals surface area contributed by atoms with E-state index in [9.17, 15) is 4.79 Å². The highest BCUT2D eigenvalue weighted by Crippen LogP contribution is 2.38. The van der Waals surface area contributed by atoms with Gasteiger partial charge in [-0.05, 0) is 67.8 Å². The number of thiocarbonyl (C=S) groups is 1. The molecule has 1 aliphatic carbocycles. The Bertz CT molecular complexity index is 1540. The molecule has 7 heteroatoms. The molecule has 3 aromatic carbocycles. The summed E-state index contributed by atoms with van der Waals surface area (Å²) in [5.41, 5.74) is 5.94. The van der Waals surface area contributed by atoms with Crippen molar-refractivity contribution in [2.24, 2.45) is 0 Å². The molecule has 0 bridgehead atoms. The number of rotatable bonds is 7. The zero-order chi connectivity index (χ0) is 27.5. The van der Waals surface area contributed by atoms with Crippen molar-refractivity contribution in [1.82, 2.24) is 14.7 Å². The van der Waals surface area contributed by atoms with Crippen molar-refractivity contribution in [2.75, 3.05) is 0 Å². The molecule has 5 nitrogen and oxygen atoms in total. The van der Waals surface area contributed by atoms with E-state index < -0.39 is 0 Å². The molecule has 2 aliphatic rings. The Kier molecular flexibility index (Phi) is 7.84. The van der Waals surface area contributed by atoms with Crippen molar-refractivity contribution in [3.8, 4) is 22.7 Å². The number of carbonyl (C=O) groups is 1. The molecule has 2 fully saturated rings. The van der Waals surface area contributed by atoms with Crippen molar-refractivity contribution in [2.45, 2.75) is 51.7 Å². The molecule has 0 spiro atoms. The Morgan fingerprint density at radius 1 is 0.975 bits per heavy atom. The standard InChI is InChI=1S/C33H31N3O2S2/c1-23-12-14-24(15-13-23)22-38-29-18-16-25(17-19-29)31-26(21-35(34-31)27-8-4-2-5-9-27)20-30-32(37)36(33(39)40-30)28-10-6-3-7-11-28/h2,4-5,8-9,12-21,28H,3,6-7,10-11,22H2,1H3/b30-20-. The molecule has 202 valence electrons. The van der Waals surface area contributed by atoms with E-state index in [0.717, 1.165) is 59.5 Å². The monoisotopic (exact) mass is 565 g/mol. The Balaban J connectivity index is 1.28. The van der Waals surface area contributed by atoms with Crippen molar-refractivity contribution >= 4 is 40.3 Å². The summed E-state index contributed by atoms with van der Waals surface area (Å²) in [4.78, 5) is 16.0. The summed E-state index contributed by atoms with van der Waals surface area (Å²) in [7, 11) is 0. The van der Waals surface area contributed by atoms with Crippen LogP contribution in [0.1, 0.15) is 48.8 Å². The first-order valence-corrected chi connectivity index (χ1v) is 15.0. The summed E-state index contributed by atoms with van der Waals surface area (Å²) in [5.74, 6) is 0.807. The lowest BCUT2D eigenvalue weighted by molar-refractivity contribution is -0.124. The third-order valence-corrected chi connectivity index (χ3v) is 8.80. The van der Waals surface area contributed by atoms with Crippen LogP contribution in [0.25, 0.3) is 23.0 Å². The highest BCUT2D eigenvalue weighted by atomic mass is 32.2. The van der Waals surface area contributed by atoms with Gasteiger partial charge in [0.1, 0.15) is 16.7 Å². The SMILES string of the molecule is Cc1ccc(COc2ccc(-c3nn(-c4ccccc4)cc3/C=C3\SC(=S)N(C4CCCCC4)C3=O)cc2)cc1. The predicted molar refractivity (Wildman–Crippen MR) is 166 cm³/mol. The third kappa shape index (κ3) is 5.76. The van der Waals surface area contributed by atoms with E-state index in [1.165, 1.54) is 23.7 Å². The van der Waals surface area contributed by atoms with Crippen LogP contribution in [0.2, 0.25) is 0 Å². The number of hydrogen-bond acceptors (Lipinski definition) is 5. The molecular formula is C33H31N3O2S2. The fraction of sp³-hybridized carbons (Fsp3) is 0.242. The van der Waals surface area contributed by atoms with E-state index >= 15 is 0 Å². The fourth-order valence-corrected chi connectivity index (χ4v) is 6.66. The molecule has 0 radical (unpaired) electrons. The smallest absolute Gasteiger partial charge is 0.266 e. The molecule has 40 heavy (non-hydrogen) atoms. The van der Waals surface area contributed by atoms with Gasteiger partial charge in [0, 0.05) is 23.4 Å². The van der Waals surface area contributed by atoms with E-state index in [1.54, 1.807) is 0 Å². The Morgan fingerprint density at radius 3 is 2.42 bits per heavy atom. The van der Waals surface area contributed by atoms with Gasteiger partial charge in [-0.1, -0.05) is 91.3 Å². The van der Waals surface area contributed by atoms with Gasteiger partial charge in [0.2, 0.25) is 0 Å². The van der Waals surface area contributed by atoms with Crippen molar-refractivity contribution in [3.05, 3.63) is 107 Å². The van der Waals surface area contributed by atoms with Crippen molar-refractivity contribution in [3.63, 3.8) is 0 Å². The quantitative estimate of drug-likeness (QED) is 0.168. The van der Waals surface area contributed by atoms with Crippen LogP contribution in [0.3, 0.4) is 0 Å². The molecular weight excluding hydrogens is 535 g/mol. The van der Waals surface area contributed by atoms with Gasteiger partial charge in [0.15, 0.2) is 0 Å². The highest BCUT2D eigenvalue weighted by molar-refractivity contribution is 8.26. The second kappa shape index (κ2) is 11.8. The number of thioether (sulfide) groups is 1. The van der Waals surface area contributed by atoms with E-state index in [-0.39, 0.29) is 11.9 Å². The summed E-state index contributed by atoms with van der Waals surface area (Å²) in [6.07, 6.45) is 9.52. The minimum atomic E-state index is 0.0140. The van der Waals surface area contributed by atoms with Gasteiger partial charge < -0.3 is 4.74 Å². The largest absolute Gasteiger partial charge is 0.489 e. The molecule has 1 aromatic heterocycles. The molecule has 1 amide bonds. The minimum absolute atomic E-state index is 0.0140. The van der Waals surface area contributed by atoms with Crippen LogP contribution in [0.5, 0.6) is 5.75 Å². The number of benzene rings is 3. The molecule has 0 N–H and O–H groups in total. The number of amides is 1. The van der Waals surface area contributed by atoms with Crippen LogP contribution in [0, 0.1) is 6.92 Å². The van der Waals surface area contributed by atoms with E-state index in [1.807, 2.05) is 76.5 Å². The van der Waals surface area contributed by atoms with Gasteiger partial charge in [0.05, 0.1) is 16.3 Å². The lowest BCUT2D eigenvalue weighted by Gasteiger charge is -2.29. The van der Waals surface area contributed by atoms with Gasteiger partial charge in [-0.3, -0.25) is 9.69 Å². The molecule has 0 unspecified atom stereocenters. The Hall–Kier alpha value is -3.68. The van der Waals surface area contributed by atoms with Gasteiger partial charge in [-0.2, -0.15) is 5.10 Å². The maximum Gasteiger partial charge on any atom is 0.266 e. The zero-order valence-corrected chi connectivity index (χ0v) is 24.1. The maximum atomic E-state index is 13.5. The summed E-state index contributed by atoms with van der Waals surface area (Å²) in [6, 6.07) is 26.6. The fourth-order valence-electron chi connectivity index (χ4n) is 5.27. The van der Waals surface area contributed by atoms with Crippen molar-refractivity contribution in [1.29, 1.82) is 0 Å². The van der Waals surface area contributed by atoms with Crippen LogP contribution in [0.4, 0.5) is 0 Å². The second-order valence-corrected chi connectivity index (χ2v) is 12.0. The lowest BCUT2D eigenvalue weighted by Crippen LogP contribution is -2.39. The molecule has 1 aliphatic heterocycles. The first-order valence-electron chi connectivity index (χ1n) is 13.8. The Morgan fingerprint density at radius 2 is 1.70 bits per heavy atom. The lowest BCUT2D eigenvalue weighted by atomic mass is 9.94. The van der Waals surface area contributed by atoms with Crippen LogP contribution >= 0.6 is 24.0 Å². The molecule has 1 saturated heterocycles. The van der Waals surface area contributed by atoms with Gasteiger partial charge in [-0.15, -0.1) is 0 Å². The molecule has 0 atom stereocenters. The first-order chi connectivity index (χ1) is 19.5. The zero-order valence-electron chi connectivity index (χ0n) is 22.5. The summed E-state index contributed by atoms with van der Waals surface area (Å²) >= 11 is 7.07. The number of nitrogens with zero attached hydrogens (tertiary/aromatic N) is 3. The first kappa shape index (κ1) is 26.5. The molecule has 4 aromatic rings. The number of ether oxygens (including phenoxy) is 1. The predicted octanol–water partition coefficient (Wildman–Crippen LogP) is 7.96. The normalized spacial score (nSPS) is 17.1. The van der Waals surface area contributed by atoms with Crippen molar-refractivity contribution < 1.29 is 9.53 Å². The van der Waals surface area contributed by atoms with E-state index in [0.29, 0.717) is 15.8 Å². The van der Waals surface area contributed by atoms with Crippen LogP contribution in [-0.2, 0) is 11.4 Å².